The molecule has 174 valence electrons. The summed E-state index contributed by atoms with van der Waals surface area (Å²) in [7, 11) is 1.48. The van der Waals surface area contributed by atoms with Crippen molar-refractivity contribution in [1.29, 1.82) is 5.26 Å². The van der Waals surface area contributed by atoms with Gasteiger partial charge in [-0.3, -0.25) is 19.4 Å². The van der Waals surface area contributed by atoms with Crippen molar-refractivity contribution in [3.63, 3.8) is 0 Å². The second-order valence-electron chi connectivity index (χ2n) is 8.29. The summed E-state index contributed by atoms with van der Waals surface area (Å²) >= 11 is 6.06. The first kappa shape index (κ1) is 24.3. The van der Waals surface area contributed by atoms with E-state index in [9.17, 15) is 9.59 Å². The van der Waals surface area contributed by atoms with E-state index in [2.05, 4.69) is 15.1 Å². The van der Waals surface area contributed by atoms with Crippen LogP contribution in [0.15, 0.2) is 12.1 Å². The number of piperidine rings is 1. The van der Waals surface area contributed by atoms with Gasteiger partial charge in [0.15, 0.2) is 0 Å². The summed E-state index contributed by atoms with van der Waals surface area (Å²) in [6.07, 6.45) is 1.92. The third-order valence-electron chi connectivity index (χ3n) is 5.99. The van der Waals surface area contributed by atoms with Crippen LogP contribution in [0.25, 0.3) is 0 Å². The number of nitrogens with one attached hydrogen (secondary N) is 1. The highest BCUT2D eigenvalue weighted by Crippen LogP contribution is 2.28. The van der Waals surface area contributed by atoms with Gasteiger partial charge in [-0.05, 0) is 37.9 Å². The fourth-order valence-corrected chi connectivity index (χ4v) is 4.38. The van der Waals surface area contributed by atoms with Crippen molar-refractivity contribution in [2.24, 2.45) is 5.92 Å². The Bertz CT molecular complexity index is 867. The third kappa shape index (κ3) is 6.56. The number of amides is 1. The molecule has 0 aliphatic carbocycles. The number of halogens is 1. The molecule has 3 N–H and O–H groups in total. The van der Waals surface area contributed by atoms with E-state index >= 15 is 0 Å². The van der Waals surface area contributed by atoms with Crippen molar-refractivity contribution in [3.05, 3.63) is 22.7 Å². The van der Waals surface area contributed by atoms with E-state index in [0.29, 0.717) is 41.1 Å². The van der Waals surface area contributed by atoms with Gasteiger partial charge in [-0.25, -0.2) is 0 Å². The number of ether oxygens (including phenoxy) is 2. The van der Waals surface area contributed by atoms with Crippen LogP contribution in [-0.2, 0) is 9.53 Å². The fourth-order valence-electron chi connectivity index (χ4n) is 4.22. The molecule has 1 unspecified atom stereocenters. The van der Waals surface area contributed by atoms with Crippen molar-refractivity contribution in [2.75, 3.05) is 65.3 Å². The largest absolute Gasteiger partial charge is 0.496 e. The van der Waals surface area contributed by atoms with Crippen LogP contribution < -0.4 is 15.8 Å². The minimum Gasteiger partial charge on any atom is -0.496 e. The molecule has 32 heavy (non-hydrogen) atoms. The number of nitrogens with two attached hydrogens (primary N) is 1. The second kappa shape index (κ2) is 11.5. The number of carbonyl (C=O) groups is 2. The zero-order valence-electron chi connectivity index (χ0n) is 18.3. The number of likely N-dealkylation sites (tertiary alicyclic amines) is 1. The Kier molecular flexibility index (Phi) is 8.70. The van der Waals surface area contributed by atoms with Crippen LogP contribution in [0.3, 0.4) is 0 Å². The molecular formula is C22H30ClN5O4. The van der Waals surface area contributed by atoms with Gasteiger partial charge in [0.2, 0.25) is 5.78 Å². The highest BCUT2D eigenvalue weighted by molar-refractivity contribution is 6.33. The molecule has 2 fully saturated rings. The number of rotatable bonds is 8. The highest BCUT2D eigenvalue weighted by Gasteiger charge is 2.27. The number of hydrogen-bond donors (Lipinski definition) is 2. The van der Waals surface area contributed by atoms with Gasteiger partial charge in [0.05, 0.1) is 42.6 Å². The Morgan fingerprint density at radius 2 is 2.06 bits per heavy atom. The first-order chi connectivity index (χ1) is 15.4. The average molecular weight is 464 g/mol. The van der Waals surface area contributed by atoms with Crippen LogP contribution in [0.5, 0.6) is 5.75 Å². The van der Waals surface area contributed by atoms with Gasteiger partial charge in [0, 0.05) is 32.2 Å². The highest BCUT2D eigenvalue weighted by atomic mass is 35.5. The predicted molar refractivity (Wildman–Crippen MR) is 121 cm³/mol. The maximum atomic E-state index is 12.6. The molecule has 0 spiro atoms. The third-order valence-corrected chi connectivity index (χ3v) is 6.32. The SMILES string of the molecule is COc1cc(N)c(Cl)cc1C(=O)NCC1CN(CC2CCN(CC(=O)C#N)CC2)CCO1. The summed E-state index contributed by atoms with van der Waals surface area (Å²) in [5.41, 5.74) is 6.47. The molecule has 1 amide bonds. The monoisotopic (exact) mass is 463 g/mol. The van der Waals surface area contributed by atoms with Crippen LogP contribution >= 0.6 is 11.6 Å². The van der Waals surface area contributed by atoms with E-state index in [1.165, 1.54) is 19.2 Å². The zero-order chi connectivity index (χ0) is 23.1. The van der Waals surface area contributed by atoms with Gasteiger partial charge in [-0.2, -0.15) is 5.26 Å². The van der Waals surface area contributed by atoms with Crippen molar-refractivity contribution in [3.8, 4) is 11.8 Å². The van der Waals surface area contributed by atoms with Gasteiger partial charge in [0.1, 0.15) is 11.8 Å². The minimum absolute atomic E-state index is 0.101. The molecule has 2 aliphatic heterocycles. The molecule has 2 heterocycles. The number of methoxy groups -OCH3 is 1. The van der Waals surface area contributed by atoms with E-state index < -0.39 is 0 Å². The topological polar surface area (TPSA) is 121 Å². The number of nitriles is 1. The molecule has 1 aromatic rings. The second-order valence-corrected chi connectivity index (χ2v) is 8.70. The summed E-state index contributed by atoms with van der Waals surface area (Å²) in [5.74, 6) is 0.264. The lowest BCUT2D eigenvalue weighted by Gasteiger charge is -2.38. The standard InChI is InChI=1S/C22H30ClN5O4/c1-31-21-9-20(25)19(23)8-18(21)22(30)26-11-17-14-28(6-7-32-17)12-15-2-4-27(5-3-15)13-16(29)10-24/h8-9,15,17H,2-7,11-14,25H2,1H3,(H,26,30). The molecule has 2 saturated heterocycles. The number of nitrogens with zero attached hydrogens (tertiary/aromatic N) is 3. The number of morpholine rings is 1. The zero-order valence-corrected chi connectivity index (χ0v) is 19.1. The maximum absolute atomic E-state index is 12.6. The Morgan fingerprint density at radius 1 is 1.31 bits per heavy atom. The van der Waals surface area contributed by atoms with Crippen molar-refractivity contribution in [1.82, 2.24) is 15.1 Å². The molecule has 2 aliphatic rings. The number of Topliss-reactive ketones (excluding diaryl/α,β-unsaturated/α-hetero) is 1. The average Bonchev–Trinajstić information content (AvgIpc) is 2.80. The molecule has 1 aromatic carbocycles. The van der Waals surface area contributed by atoms with Crippen molar-refractivity contribution in [2.45, 2.75) is 18.9 Å². The summed E-state index contributed by atoms with van der Waals surface area (Å²) in [6, 6.07) is 4.73. The van der Waals surface area contributed by atoms with Gasteiger partial charge >= 0.3 is 0 Å². The smallest absolute Gasteiger partial charge is 0.255 e. The molecule has 1 atom stereocenters. The Labute approximate surface area is 193 Å². The lowest BCUT2D eigenvalue weighted by Crippen LogP contribution is -2.49. The Hall–Kier alpha value is -2.38. The van der Waals surface area contributed by atoms with Crippen LogP contribution in [0, 0.1) is 17.2 Å². The predicted octanol–water partition coefficient (Wildman–Crippen LogP) is 1.17. The van der Waals surface area contributed by atoms with E-state index in [4.69, 9.17) is 32.1 Å². The van der Waals surface area contributed by atoms with Gasteiger partial charge in [-0.1, -0.05) is 11.6 Å². The summed E-state index contributed by atoms with van der Waals surface area (Å²) in [5, 5.41) is 11.9. The first-order valence-electron chi connectivity index (χ1n) is 10.8. The summed E-state index contributed by atoms with van der Waals surface area (Å²) in [6.45, 7) is 5.48. The summed E-state index contributed by atoms with van der Waals surface area (Å²) in [4.78, 5) is 28.4. The number of carbonyl (C=O) groups excluding carboxylic acids is 2. The normalized spacial score (nSPS) is 20.5. The van der Waals surface area contributed by atoms with Crippen LogP contribution in [0.4, 0.5) is 5.69 Å². The minimum atomic E-state index is -0.375. The fraction of sp³-hybridized carbons (Fsp3) is 0.591. The lowest BCUT2D eigenvalue weighted by atomic mass is 9.95. The van der Waals surface area contributed by atoms with Gasteiger partial charge in [-0.15, -0.1) is 0 Å². The van der Waals surface area contributed by atoms with Crippen LogP contribution in [-0.4, -0.2) is 87.1 Å². The van der Waals surface area contributed by atoms with Crippen molar-refractivity contribution < 1.29 is 19.1 Å². The quantitative estimate of drug-likeness (QED) is 0.435. The van der Waals surface area contributed by atoms with Crippen LogP contribution in [0.1, 0.15) is 23.2 Å². The Morgan fingerprint density at radius 3 is 2.75 bits per heavy atom. The molecule has 3 rings (SSSR count). The van der Waals surface area contributed by atoms with E-state index in [1.807, 2.05) is 0 Å². The molecule has 0 bridgehead atoms. The molecule has 0 radical (unpaired) electrons. The van der Waals surface area contributed by atoms with E-state index in [1.54, 1.807) is 6.07 Å². The van der Waals surface area contributed by atoms with Crippen LogP contribution in [0.2, 0.25) is 5.02 Å². The number of nitrogen functional groups attached to an aromatic ring is 1. The number of hydrogen-bond acceptors (Lipinski definition) is 8. The van der Waals surface area contributed by atoms with Crippen molar-refractivity contribution >= 4 is 29.0 Å². The molecule has 0 aromatic heterocycles. The number of ketones is 1. The molecule has 10 heteroatoms. The first-order valence-corrected chi connectivity index (χ1v) is 11.2. The lowest BCUT2D eigenvalue weighted by molar-refractivity contribution is -0.115. The van der Waals surface area contributed by atoms with Gasteiger partial charge < -0.3 is 20.5 Å². The molecule has 9 nitrogen and oxygen atoms in total. The Balaban J connectivity index is 1.45. The van der Waals surface area contributed by atoms with Gasteiger partial charge in [0.25, 0.3) is 5.91 Å². The number of benzene rings is 1. The van der Waals surface area contributed by atoms with E-state index in [0.717, 1.165) is 45.6 Å². The molecule has 0 saturated carbocycles. The van der Waals surface area contributed by atoms with E-state index in [-0.39, 0.29) is 24.3 Å². The number of anilines is 1. The maximum Gasteiger partial charge on any atom is 0.255 e. The molecular weight excluding hydrogens is 434 g/mol. The summed E-state index contributed by atoms with van der Waals surface area (Å²) < 4.78 is 11.1.